The van der Waals surface area contributed by atoms with Gasteiger partial charge >= 0.3 is 5.97 Å². The van der Waals surface area contributed by atoms with Crippen LogP contribution in [0.15, 0.2) is 24.3 Å². The maximum Gasteiger partial charge on any atom is 0.303 e. The maximum atomic E-state index is 13.3. The van der Waals surface area contributed by atoms with Crippen molar-refractivity contribution < 1.29 is 23.5 Å². The Kier molecular flexibility index (Phi) is 14.1. The largest absolute Gasteiger partial charge is 0.481 e. The van der Waals surface area contributed by atoms with E-state index in [0.29, 0.717) is 19.3 Å². The lowest BCUT2D eigenvalue weighted by atomic mass is 9.90. The first kappa shape index (κ1) is 36.0. The van der Waals surface area contributed by atoms with Crippen molar-refractivity contribution in [2.75, 3.05) is 0 Å². The topological polar surface area (TPSA) is 72.8 Å². The molecule has 39 heavy (non-hydrogen) atoms. The van der Waals surface area contributed by atoms with Gasteiger partial charge in [0, 0.05) is 24.7 Å². The molecule has 1 aliphatic rings. The van der Waals surface area contributed by atoms with Crippen molar-refractivity contribution in [1.82, 2.24) is 0 Å². The molecule has 0 heterocycles. The van der Waals surface area contributed by atoms with Crippen LogP contribution in [0, 0.1) is 11.8 Å². The molecule has 0 bridgehead atoms. The molecule has 0 spiro atoms. The molecule has 1 saturated carbocycles. The fourth-order valence-corrected chi connectivity index (χ4v) is 7.17. The van der Waals surface area contributed by atoms with E-state index in [1.54, 1.807) is 0 Å². The lowest BCUT2D eigenvalue weighted by Gasteiger charge is -2.40. The fraction of sp³-hybridized carbons (Fsp3) is 0.812. The predicted molar refractivity (Wildman–Crippen MR) is 169 cm³/mol. The van der Waals surface area contributed by atoms with Crippen LogP contribution >= 0.6 is 0 Å². The molecule has 0 aromatic rings. The van der Waals surface area contributed by atoms with Gasteiger partial charge in [0.05, 0.1) is 12.2 Å². The van der Waals surface area contributed by atoms with Crippen LogP contribution in [0.2, 0.25) is 36.3 Å². The zero-order valence-corrected chi connectivity index (χ0v) is 29.1. The van der Waals surface area contributed by atoms with Gasteiger partial charge in [0.25, 0.3) is 0 Å². The number of unbranched alkanes of at least 4 members (excludes halogenated alkanes) is 3. The van der Waals surface area contributed by atoms with Crippen LogP contribution in [0.3, 0.4) is 0 Å². The first-order valence-corrected chi connectivity index (χ1v) is 21.1. The number of carbonyl (C=O) groups excluding carboxylic acids is 1. The summed E-state index contributed by atoms with van der Waals surface area (Å²) in [4.78, 5) is 24.1. The molecule has 1 N–H and O–H groups in total. The second kappa shape index (κ2) is 15.3. The van der Waals surface area contributed by atoms with E-state index >= 15 is 0 Å². The Morgan fingerprint density at radius 3 is 2.15 bits per heavy atom. The smallest absolute Gasteiger partial charge is 0.303 e. The SMILES string of the molecule is CCCCCC(/C=C/[C@H]1C(O[Si](C)(C)C(C)(C)C)CC(=O)[C@@H]1C/C=C\CCCC(=O)O)O[Si](C)(C)C(C)(C)C. The van der Waals surface area contributed by atoms with E-state index in [4.69, 9.17) is 14.0 Å². The normalized spacial score (nSPS) is 22.3. The van der Waals surface area contributed by atoms with Gasteiger partial charge < -0.3 is 14.0 Å². The fourth-order valence-electron chi connectivity index (χ4n) is 4.51. The molecular weight excluding hydrogens is 521 g/mol. The summed E-state index contributed by atoms with van der Waals surface area (Å²) >= 11 is 0. The number of Topliss-reactive ketones (excluding diaryl/α,β-unsaturated/α-hetero) is 1. The highest BCUT2D eigenvalue weighted by Crippen LogP contribution is 2.43. The third-order valence-electron chi connectivity index (χ3n) is 9.17. The van der Waals surface area contributed by atoms with E-state index in [9.17, 15) is 9.59 Å². The first-order valence-electron chi connectivity index (χ1n) is 15.3. The number of carboxylic acids is 1. The summed E-state index contributed by atoms with van der Waals surface area (Å²) in [6.07, 6.45) is 15.7. The predicted octanol–water partition coefficient (Wildman–Crippen LogP) is 9.31. The second-order valence-corrected chi connectivity index (χ2v) is 24.1. The summed E-state index contributed by atoms with van der Waals surface area (Å²) in [5, 5.41) is 9.09. The van der Waals surface area contributed by atoms with Gasteiger partial charge in [0.1, 0.15) is 5.78 Å². The van der Waals surface area contributed by atoms with Crippen molar-refractivity contribution in [3.8, 4) is 0 Å². The number of aliphatic carboxylic acids is 1. The molecule has 0 amide bonds. The van der Waals surface area contributed by atoms with Gasteiger partial charge in [-0.1, -0.05) is 92.0 Å². The summed E-state index contributed by atoms with van der Waals surface area (Å²) in [7, 11) is -4.01. The number of hydrogen-bond acceptors (Lipinski definition) is 4. The van der Waals surface area contributed by atoms with Crippen molar-refractivity contribution in [3.05, 3.63) is 24.3 Å². The van der Waals surface area contributed by atoms with Gasteiger partial charge in [-0.2, -0.15) is 0 Å². The maximum absolute atomic E-state index is 13.3. The Labute approximate surface area is 242 Å². The van der Waals surface area contributed by atoms with Crippen molar-refractivity contribution in [3.63, 3.8) is 0 Å². The van der Waals surface area contributed by atoms with E-state index < -0.39 is 22.6 Å². The van der Waals surface area contributed by atoms with Crippen molar-refractivity contribution >= 4 is 28.4 Å². The molecule has 1 rings (SSSR count). The van der Waals surface area contributed by atoms with Crippen LogP contribution in [0.25, 0.3) is 0 Å². The number of rotatable bonds is 16. The molecule has 7 heteroatoms. The third-order valence-corrected chi connectivity index (χ3v) is 18.2. The van der Waals surface area contributed by atoms with Crippen molar-refractivity contribution in [2.45, 2.75) is 155 Å². The van der Waals surface area contributed by atoms with E-state index in [1.165, 1.54) is 12.8 Å². The zero-order valence-electron chi connectivity index (χ0n) is 27.1. The number of carbonyl (C=O) groups is 2. The monoisotopic (exact) mass is 580 g/mol. The minimum atomic E-state index is -2.06. The summed E-state index contributed by atoms with van der Waals surface area (Å²) in [5.74, 6) is -0.585. The molecule has 5 nitrogen and oxygen atoms in total. The van der Waals surface area contributed by atoms with E-state index in [2.05, 4.69) is 92.9 Å². The Balaban J connectivity index is 3.23. The Hall–Kier alpha value is -1.03. The number of ketones is 1. The van der Waals surface area contributed by atoms with E-state index in [0.717, 1.165) is 19.3 Å². The molecule has 0 aliphatic heterocycles. The van der Waals surface area contributed by atoms with E-state index in [-0.39, 0.29) is 46.3 Å². The van der Waals surface area contributed by atoms with Gasteiger partial charge in [-0.05, 0) is 61.9 Å². The van der Waals surface area contributed by atoms with Crippen molar-refractivity contribution in [1.29, 1.82) is 0 Å². The standard InChI is InChI=1S/C32H60O5Si2/c1-12-13-16-19-25(36-38(8,9)31(2,3)4)22-23-27-26(20-17-14-15-18-21-30(34)35)28(33)24-29(27)37-39(10,11)32(5,6)7/h14,17,22-23,25-27,29H,12-13,15-16,18-21,24H2,1-11H3,(H,34,35)/b17-14-,23-22+/t25?,26-,27-,29?/m1/s1. The molecular formula is C32H60O5Si2. The molecule has 0 saturated heterocycles. The first-order chi connectivity index (χ1) is 17.8. The summed E-state index contributed by atoms with van der Waals surface area (Å²) < 4.78 is 13.8. The summed E-state index contributed by atoms with van der Waals surface area (Å²) in [6, 6.07) is 0. The average molecular weight is 581 g/mol. The van der Waals surface area contributed by atoms with Crippen LogP contribution in [-0.2, 0) is 18.4 Å². The highest BCUT2D eigenvalue weighted by molar-refractivity contribution is 6.74. The highest BCUT2D eigenvalue weighted by atomic mass is 28.4. The minimum Gasteiger partial charge on any atom is -0.481 e. The zero-order chi connectivity index (χ0) is 30.1. The third kappa shape index (κ3) is 11.8. The van der Waals surface area contributed by atoms with Crippen LogP contribution in [0.5, 0.6) is 0 Å². The van der Waals surface area contributed by atoms with Crippen molar-refractivity contribution in [2.24, 2.45) is 11.8 Å². The summed E-state index contributed by atoms with van der Waals surface area (Å²) in [5.41, 5.74) is 0. The van der Waals surface area contributed by atoms with Gasteiger partial charge in [0.15, 0.2) is 16.6 Å². The Bertz CT molecular complexity index is 832. The molecule has 0 aromatic heterocycles. The number of hydrogen-bond donors (Lipinski definition) is 1. The molecule has 1 fully saturated rings. The van der Waals surface area contributed by atoms with Crippen LogP contribution < -0.4 is 0 Å². The quantitative estimate of drug-likeness (QED) is 0.112. The van der Waals surface area contributed by atoms with Crippen LogP contribution in [0.4, 0.5) is 0 Å². The van der Waals surface area contributed by atoms with Gasteiger partial charge in [-0.25, -0.2) is 0 Å². The molecule has 1 aliphatic carbocycles. The average Bonchev–Trinajstić information content (AvgIpc) is 3.05. The van der Waals surface area contributed by atoms with Gasteiger partial charge in [0.2, 0.25) is 0 Å². The van der Waals surface area contributed by atoms with E-state index in [1.807, 2.05) is 6.08 Å². The number of carboxylic acid groups (broad SMARTS) is 1. The lowest BCUT2D eigenvalue weighted by Crippen LogP contribution is -2.45. The highest BCUT2D eigenvalue weighted by Gasteiger charge is 2.47. The summed E-state index contributed by atoms with van der Waals surface area (Å²) in [6.45, 7) is 25.0. The Morgan fingerprint density at radius 2 is 1.62 bits per heavy atom. The minimum absolute atomic E-state index is 0.0204. The molecule has 0 radical (unpaired) electrons. The van der Waals surface area contributed by atoms with Gasteiger partial charge in [-0.3, -0.25) is 9.59 Å². The van der Waals surface area contributed by atoms with Crippen LogP contribution in [-0.4, -0.2) is 45.7 Å². The molecule has 2 unspecified atom stereocenters. The lowest BCUT2D eigenvalue weighted by molar-refractivity contribution is -0.137. The molecule has 4 atom stereocenters. The molecule has 226 valence electrons. The molecule has 0 aromatic carbocycles. The Morgan fingerprint density at radius 1 is 1.00 bits per heavy atom. The van der Waals surface area contributed by atoms with Crippen LogP contribution in [0.1, 0.15) is 106 Å². The second-order valence-electron chi connectivity index (χ2n) is 14.6. The van der Waals surface area contributed by atoms with Gasteiger partial charge in [-0.15, -0.1) is 0 Å². The number of allylic oxidation sites excluding steroid dienone is 2.